The average Bonchev–Trinajstić information content (AvgIpc) is 3.00. The molecule has 0 unspecified atom stereocenters. The van der Waals surface area contributed by atoms with Gasteiger partial charge in [-0.15, -0.1) is 0 Å². The second-order valence-electron chi connectivity index (χ2n) is 4.54. The van der Waals surface area contributed by atoms with Crippen LogP contribution in [-0.4, -0.2) is 11.1 Å². The fourth-order valence-electron chi connectivity index (χ4n) is 1.86. The van der Waals surface area contributed by atoms with E-state index in [4.69, 9.17) is 27.7 Å². The second kappa shape index (κ2) is 6.22. The molecule has 0 radical (unpaired) electrons. The minimum Gasteiger partial charge on any atom is -0.355 e. The quantitative estimate of drug-likeness (QED) is 0.742. The minimum atomic E-state index is -0.355. The number of carbonyl (C=O) groups is 1. The first-order valence-electron chi connectivity index (χ1n) is 6.41. The number of nitrogens with one attached hydrogen (secondary N) is 1. The number of hydrogen-bond acceptors (Lipinski definition) is 3. The van der Waals surface area contributed by atoms with Gasteiger partial charge in [0.05, 0.1) is 0 Å². The lowest BCUT2D eigenvalue weighted by Crippen LogP contribution is -2.11. The number of benzene rings is 2. The van der Waals surface area contributed by atoms with Crippen LogP contribution >= 0.6 is 23.2 Å². The first-order valence-corrected chi connectivity index (χ1v) is 7.17. The van der Waals surface area contributed by atoms with Gasteiger partial charge >= 0.3 is 0 Å². The molecule has 2 aromatic carbocycles. The van der Waals surface area contributed by atoms with Gasteiger partial charge in [0.2, 0.25) is 0 Å². The van der Waals surface area contributed by atoms with E-state index >= 15 is 0 Å². The summed E-state index contributed by atoms with van der Waals surface area (Å²) in [7, 11) is 0. The van der Waals surface area contributed by atoms with Gasteiger partial charge < -0.3 is 9.84 Å². The molecule has 0 aliphatic rings. The summed E-state index contributed by atoms with van der Waals surface area (Å²) in [4.78, 5) is 12.1. The molecule has 3 aromatic rings. The highest BCUT2D eigenvalue weighted by molar-refractivity contribution is 6.31. The largest absolute Gasteiger partial charge is 0.355 e. The number of rotatable bonds is 3. The standard InChI is InChI=1S/C16H10Cl2N2O2/c17-11-3-1-10(2-4-11)15-9-14(20-22-15)16(21)19-13-7-5-12(18)6-8-13/h1-9H,(H,19,21). The summed E-state index contributed by atoms with van der Waals surface area (Å²) in [6, 6.07) is 15.5. The predicted octanol–water partition coefficient (Wildman–Crippen LogP) is 4.90. The Kier molecular flexibility index (Phi) is 4.13. The first-order chi connectivity index (χ1) is 10.6. The Balaban J connectivity index is 1.76. The van der Waals surface area contributed by atoms with Crippen LogP contribution in [0.2, 0.25) is 10.0 Å². The van der Waals surface area contributed by atoms with Crippen LogP contribution < -0.4 is 5.32 Å². The van der Waals surface area contributed by atoms with Crippen LogP contribution in [0.3, 0.4) is 0 Å². The minimum absolute atomic E-state index is 0.194. The van der Waals surface area contributed by atoms with E-state index in [0.29, 0.717) is 21.5 Å². The van der Waals surface area contributed by atoms with Crippen LogP contribution in [0.1, 0.15) is 10.5 Å². The van der Waals surface area contributed by atoms with Gasteiger partial charge in [0.1, 0.15) is 0 Å². The monoisotopic (exact) mass is 332 g/mol. The molecule has 22 heavy (non-hydrogen) atoms. The molecule has 0 atom stereocenters. The number of nitrogens with zero attached hydrogens (tertiary/aromatic N) is 1. The Bertz CT molecular complexity index is 796. The van der Waals surface area contributed by atoms with Crippen LogP contribution in [-0.2, 0) is 0 Å². The normalized spacial score (nSPS) is 10.5. The summed E-state index contributed by atoms with van der Waals surface area (Å²) in [6.07, 6.45) is 0. The summed E-state index contributed by atoms with van der Waals surface area (Å²) in [5, 5.41) is 7.73. The molecule has 0 spiro atoms. The fraction of sp³-hybridized carbons (Fsp3) is 0. The number of anilines is 1. The Morgan fingerprint density at radius 3 is 2.18 bits per heavy atom. The molecule has 0 aliphatic heterocycles. The lowest BCUT2D eigenvalue weighted by Gasteiger charge is -2.01. The third-order valence-electron chi connectivity index (χ3n) is 2.97. The zero-order chi connectivity index (χ0) is 15.5. The van der Waals surface area contributed by atoms with E-state index in [0.717, 1.165) is 5.56 Å². The van der Waals surface area contributed by atoms with E-state index in [-0.39, 0.29) is 11.6 Å². The molecule has 4 nitrogen and oxygen atoms in total. The van der Waals surface area contributed by atoms with Crippen LogP contribution in [0.25, 0.3) is 11.3 Å². The van der Waals surface area contributed by atoms with Crippen LogP contribution in [0.15, 0.2) is 59.1 Å². The maximum absolute atomic E-state index is 12.1. The smallest absolute Gasteiger partial charge is 0.277 e. The van der Waals surface area contributed by atoms with Crippen molar-refractivity contribution in [3.05, 3.63) is 70.3 Å². The van der Waals surface area contributed by atoms with E-state index in [2.05, 4.69) is 10.5 Å². The molecule has 1 heterocycles. The number of hydrogen-bond donors (Lipinski definition) is 1. The average molecular weight is 333 g/mol. The lowest BCUT2D eigenvalue weighted by molar-refractivity contribution is 0.101. The number of carbonyl (C=O) groups excluding carboxylic acids is 1. The van der Waals surface area contributed by atoms with Crippen molar-refractivity contribution < 1.29 is 9.32 Å². The first kappa shape index (κ1) is 14.6. The summed E-state index contributed by atoms with van der Waals surface area (Å²) in [5.41, 5.74) is 1.62. The molecule has 1 N–H and O–H groups in total. The van der Waals surface area contributed by atoms with Crippen LogP contribution in [0.4, 0.5) is 5.69 Å². The zero-order valence-electron chi connectivity index (χ0n) is 11.2. The van der Waals surface area contributed by atoms with Crippen molar-refractivity contribution in [1.82, 2.24) is 5.16 Å². The van der Waals surface area contributed by atoms with E-state index in [1.54, 1.807) is 54.6 Å². The molecule has 1 aromatic heterocycles. The van der Waals surface area contributed by atoms with Crippen molar-refractivity contribution >= 4 is 34.8 Å². The molecule has 0 saturated heterocycles. The number of amides is 1. The molecule has 3 rings (SSSR count). The SMILES string of the molecule is O=C(Nc1ccc(Cl)cc1)c1cc(-c2ccc(Cl)cc2)on1. The van der Waals surface area contributed by atoms with Gasteiger partial charge in [-0.1, -0.05) is 28.4 Å². The highest BCUT2D eigenvalue weighted by atomic mass is 35.5. The topological polar surface area (TPSA) is 55.1 Å². The molecular weight excluding hydrogens is 323 g/mol. The summed E-state index contributed by atoms with van der Waals surface area (Å²) >= 11 is 11.6. The maximum atomic E-state index is 12.1. The highest BCUT2D eigenvalue weighted by Crippen LogP contribution is 2.23. The van der Waals surface area contributed by atoms with Crippen molar-refractivity contribution in [3.8, 4) is 11.3 Å². The molecule has 0 bridgehead atoms. The summed E-state index contributed by atoms with van der Waals surface area (Å²) in [5.74, 6) is 0.143. The van der Waals surface area contributed by atoms with Gasteiger partial charge in [0.15, 0.2) is 11.5 Å². The van der Waals surface area contributed by atoms with Gasteiger partial charge in [-0.3, -0.25) is 4.79 Å². The Labute approximate surface area is 136 Å². The van der Waals surface area contributed by atoms with Crippen molar-refractivity contribution in [3.63, 3.8) is 0 Å². The van der Waals surface area contributed by atoms with Gasteiger partial charge in [-0.05, 0) is 48.5 Å². The molecule has 0 aliphatic carbocycles. The third kappa shape index (κ3) is 3.30. The van der Waals surface area contributed by atoms with Gasteiger partial charge in [-0.25, -0.2) is 0 Å². The van der Waals surface area contributed by atoms with E-state index in [1.807, 2.05) is 0 Å². The van der Waals surface area contributed by atoms with Crippen LogP contribution in [0.5, 0.6) is 0 Å². The Hall–Kier alpha value is -2.30. The van der Waals surface area contributed by atoms with E-state index in [9.17, 15) is 4.79 Å². The van der Waals surface area contributed by atoms with Crippen molar-refractivity contribution in [1.29, 1.82) is 0 Å². The number of aromatic nitrogens is 1. The fourth-order valence-corrected chi connectivity index (χ4v) is 2.11. The summed E-state index contributed by atoms with van der Waals surface area (Å²) < 4.78 is 5.19. The Morgan fingerprint density at radius 2 is 1.55 bits per heavy atom. The van der Waals surface area contributed by atoms with Crippen molar-refractivity contribution in [2.45, 2.75) is 0 Å². The maximum Gasteiger partial charge on any atom is 0.277 e. The van der Waals surface area contributed by atoms with Gasteiger partial charge in [0, 0.05) is 27.4 Å². The summed E-state index contributed by atoms with van der Waals surface area (Å²) in [6.45, 7) is 0. The number of halogens is 2. The molecule has 110 valence electrons. The van der Waals surface area contributed by atoms with Crippen LogP contribution in [0, 0.1) is 0 Å². The second-order valence-corrected chi connectivity index (χ2v) is 5.42. The highest BCUT2D eigenvalue weighted by Gasteiger charge is 2.14. The van der Waals surface area contributed by atoms with Gasteiger partial charge in [0.25, 0.3) is 5.91 Å². The predicted molar refractivity (Wildman–Crippen MR) is 86.4 cm³/mol. The third-order valence-corrected chi connectivity index (χ3v) is 3.48. The molecule has 0 fully saturated rings. The van der Waals surface area contributed by atoms with E-state index in [1.165, 1.54) is 0 Å². The molecule has 0 saturated carbocycles. The van der Waals surface area contributed by atoms with Crippen molar-refractivity contribution in [2.24, 2.45) is 0 Å². The van der Waals surface area contributed by atoms with Crippen molar-refractivity contribution in [2.75, 3.05) is 5.32 Å². The zero-order valence-corrected chi connectivity index (χ0v) is 12.7. The lowest BCUT2D eigenvalue weighted by atomic mass is 10.1. The molecular formula is C16H10Cl2N2O2. The molecule has 1 amide bonds. The Morgan fingerprint density at radius 1 is 0.955 bits per heavy atom. The van der Waals surface area contributed by atoms with Gasteiger partial charge in [-0.2, -0.15) is 0 Å². The molecule has 6 heteroatoms. The van der Waals surface area contributed by atoms with E-state index < -0.39 is 0 Å².